The van der Waals surface area contributed by atoms with Crippen LogP contribution in [0.15, 0.2) is 41.7 Å². The van der Waals surface area contributed by atoms with Crippen LogP contribution in [0.4, 0.5) is 0 Å². The van der Waals surface area contributed by atoms with Crippen LogP contribution in [0, 0.1) is 45.8 Å². The summed E-state index contributed by atoms with van der Waals surface area (Å²) in [6.45, 7) is 9.64. The minimum Gasteiger partial charge on any atom is -0.508 e. The van der Waals surface area contributed by atoms with Crippen molar-refractivity contribution in [3.63, 3.8) is 0 Å². The summed E-state index contributed by atoms with van der Waals surface area (Å²) in [4.78, 5) is 0. The van der Waals surface area contributed by atoms with Gasteiger partial charge in [0.1, 0.15) is 11.9 Å². The first kappa shape index (κ1) is 26.9. The Morgan fingerprint density at radius 1 is 0.805 bits per heavy atom. The molecular formula is C38H52O3. The molecule has 0 heterocycles. The van der Waals surface area contributed by atoms with Crippen LogP contribution in [-0.2, 0) is 11.2 Å². The summed E-state index contributed by atoms with van der Waals surface area (Å²) >= 11 is 0. The van der Waals surface area contributed by atoms with Gasteiger partial charge in [0.2, 0.25) is 0 Å². The highest BCUT2D eigenvalue weighted by Crippen LogP contribution is 2.67. The van der Waals surface area contributed by atoms with Gasteiger partial charge in [0.25, 0.3) is 0 Å². The van der Waals surface area contributed by atoms with E-state index >= 15 is 0 Å². The number of allylic oxidation sites excluding steroid dienone is 4. The molecule has 11 atom stereocenters. The summed E-state index contributed by atoms with van der Waals surface area (Å²) in [6, 6.07) is 6.15. The van der Waals surface area contributed by atoms with Crippen molar-refractivity contribution in [2.24, 2.45) is 45.8 Å². The first-order valence-corrected chi connectivity index (χ1v) is 17.2. The Labute approximate surface area is 247 Å². The Hall–Kier alpha value is -1.74. The van der Waals surface area contributed by atoms with Crippen LogP contribution in [0.25, 0.3) is 0 Å². The molecular weight excluding hydrogens is 504 g/mol. The maximum Gasteiger partial charge on any atom is 0.115 e. The number of benzene rings is 1. The first-order chi connectivity index (χ1) is 19.5. The first-order valence-electron chi connectivity index (χ1n) is 17.2. The summed E-state index contributed by atoms with van der Waals surface area (Å²) in [6.07, 6.45) is 20.9. The minimum atomic E-state index is -0.501. The molecule has 4 fully saturated rings. The van der Waals surface area contributed by atoms with Crippen LogP contribution in [-0.4, -0.2) is 21.9 Å². The van der Waals surface area contributed by atoms with E-state index in [4.69, 9.17) is 4.74 Å². The fraction of sp³-hybridized carbons (Fsp3) is 0.737. The average Bonchev–Trinajstić information content (AvgIpc) is 3.40. The number of hydrogen-bond donors (Lipinski definition) is 2. The smallest absolute Gasteiger partial charge is 0.115 e. The molecule has 1 aromatic rings. The lowest BCUT2D eigenvalue weighted by atomic mass is 9.47. The van der Waals surface area contributed by atoms with Crippen LogP contribution in [0.5, 0.6) is 5.75 Å². The Kier molecular flexibility index (Phi) is 5.83. The predicted octanol–water partition coefficient (Wildman–Crippen LogP) is 8.84. The summed E-state index contributed by atoms with van der Waals surface area (Å²) in [5.74, 6) is 5.98. The Morgan fingerprint density at radius 3 is 2.49 bits per heavy atom. The number of ether oxygens (including phenoxy) is 1. The van der Waals surface area contributed by atoms with E-state index in [9.17, 15) is 10.2 Å². The molecule has 0 aromatic heterocycles. The molecule has 0 radical (unpaired) electrons. The SMILES string of the molecule is C[C@]12CC[C@@H]3c4ccc(O)cc4CC[C@H]3[C@@H]1CC[C@@H]2OC1=CC2=CC[C@@H]3[C@H](CC[C@@]4(C)[C@H]3CC[C@]4(C)O)[C@@]2(C)CC1. The van der Waals surface area contributed by atoms with Crippen molar-refractivity contribution in [2.45, 2.75) is 129 Å². The van der Waals surface area contributed by atoms with Crippen LogP contribution < -0.4 is 0 Å². The maximum absolute atomic E-state index is 11.3. The number of aliphatic hydroxyl groups is 1. The highest BCUT2D eigenvalue weighted by Gasteiger charge is 2.62. The molecule has 0 spiro atoms. The number of rotatable bonds is 2. The minimum absolute atomic E-state index is 0.0876. The third-order valence-electron chi connectivity index (χ3n) is 15.2. The summed E-state index contributed by atoms with van der Waals surface area (Å²) in [5.41, 5.74) is 4.59. The Bertz CT molecular complexity index is 1310. The molecule has 2 N–H and O–H groups in total. The lowest BCUT2D eigenvalue weighted by molar-refractivity contribution is -0.112. The number of aromatic hydroxyl groups is 1. The molecule has 3 nitrogen and oxygen atoms in total. The molecule has 8 rings (SSSR count). The van der Waals surface area contributed by atoms with Crippen molar-refractivity contribution < 1.29 is 14.9 Å². The van der Waals surface area contributed by atoms with E-state index in [-0.39, 0.29) is 16.2 Å². The largest absolute Gasteiger partial charge is 0.508 e. The number of fused-ring (bicyclic) bond motifs is 10. The summed E-state index contributed by atoms with van der Waals surface area (Å²) in [5, 5.41) is 21.3. The van der Waals surface area contributed by atoms with Gasteiger partial charge in [-0.3, -0.25) is 0 Å². The zero-order valence-corrected chi connectivity index (χ0v) is 25.9. The van der Waals surface area contributed by atoms with Crippen LogP contribution >= 0.6 is 0 Å². The molecule has 1 aromatic carbocycles. The van der Waals surface area contributed by atoms with Gasteiger partial charge in [-0.1, -0.05) is 32.9 Å². The highest BCUT2D eigenvalue weighted by molar-refractivity contribution is 5.40. The van der Waals surface area contributed by atoms with E-state index in [2.05, 4.69) is 45.9 Å². The molecule has 0 unspecified atom stereocenters. The van der Waals surface area contributed by atoms with Gasteiger partial charge in [0.05, 0.1) is 11.4 Å². The highest BCUT2D eigenvalue weighted by atomic mass is 16.5. The second kappa shape index (κ2) is 8.90. The topological polar surface area (TPSA) is 49.7 Å². The standard InChI is InChI=1S/C38H52O3/c1-35-17-13-26(22-24(35)6-9-30-32(35)15-19-37(3)33(30)16-20-38(37,4)40)41-34-12-11-31-29-8-5-23-21-25(39)7-10-27(23)28(29)14-18-36(31,34)2/h6-7,10,21-22,28-34,39-40H,5,8-9,11-20H2,1-4H3/t28-,29-,30-,31+,32+,33+,34+,35+,36+,37+,38+/m1/s1. The van der Waals surface area contributed by atoms with Crippen molar-refractivity contribution in [1.29, 1.82) is 0 Å². The van der Waals surface area contributed by atoms with Gasteiger partial charge in [-0.2, -0.15) is 0 Å². The van der Waals surface area contributed by atoms with Gasteiger partial charge in [0, 0.05) is 11.8 Å². The van der Waals surface area contributed by atoms with Crippen molar-refractivity contribution in [1.82, 2.24) is 0 Å². The monoisotopic (exact) mass is 556 g/mol. The Morgan fingerprint density at radius 2 is 1.63 bits per heavy atom. The van der Waals surface area contributed by atoms with Gasteiger partial charge in [0.15, 0.2) is 0 Å². The van der Waals surface area contributed by atoms with E-state index in [1.165, 1.54) is 81.1 Å². The fourth-order valence-electron chi connectivity index (χ4n) is 12.5. The van der Waals surface area contributed by atoms with E-state index in [1.807, 2.05) is 12.1 Å². The number of hydrogen-bond acceptors (Lipinski definition) is 3. The van der Waals surface area contributed by atoms with Crippen LogP contribution in [0.1, 0.15) is 122 Å². The molecule has 222 valence electrons. The molecule has 7 aliphatic carbocycles. The second-order valence-electron chi connectivity index (χ2n) is 16.6. The molecule has 0 bridgehead atoms. The van der Waals surface area contributed by atoms with Crippen molar-refractivity contribution in [3.8, 4) is 5.75 Å². The molecule has 41 heavy (non-hydrogen) atoms. The average molecular weight is 557 g/mol. The van der Waals surface area contributed by atoms with Crippen molar-refractivity contribution >= 4 is 0 Å². The predicted molar refractivity (Wildman–Crippen MR) is 163 cm³/mol. The van der Waals surface area contributed by atoms with Crippen LogP contribution in [0.2, 0.25) is 0 Å². The molecule has 4 saturated carbocycles. The molecule has 0 aliphatic heterocycles. The summed E-state index contributed by atoms with van der Waals surface area (Å²) < 4.78 is 7.09. The zero-order valence-electron chi connectivity index (χ0n) is 25.9. The van der Waals surface area contributed by atoms with Gasteiger partial charge in [-0.05, 0) is 165 Å². The fourth-order valence-corrected chi connectivity index (χ4v) is 12.5. The number of phenols is 1. The lowest BCUT2D eigenvalue weighted by Gasteiger charge is -2.58. The van der Waals surface area contributed by atoms with E-state index in [0.29, 0.717) is 23.7 Å². The van der Waals surface area contributed by atoms with Gasteiger partial charge in [-0.15, -0.1) is 0 Å². The van der Waals surface area contributed by atoms with E-state index < -0.39 is 5.60 Å². The third-order valence-corrected chi connectivity index (χ3v) is 15.2. The number of phenolic OH excluding ortho intramolecular Hbond substituents is 1. The second-order valence-corrected chi connectivity index (χ2v) is 16.6. The lowest BCUT2D eigenvalue weighted by Crippen LogP contribution is -2.53. The van der Waals surface area contributed by atoms with E-state index in [0.717, 1.165) is 42.9 Å². The molecule has 3 heteroatoms. The third kappa shape index (κ3) is 3.66. The van der Waals surface area contributed by atoms with Gasteiger partial charge < -0.3 is 14.9 Å². The van der Waals surface area contributed by atoms with Crippen molar-refractivity contribution in [2.75, 3.05) is 0 Å². The normalized spacial score (nSPS) is 49.8. The molecule has 0 amide bonds. The summed E-state index contributed by atoms with van der Waals surface area (Å²) in [7, 11) is 0. The van der Waals surface area contributed by atoms with E-state index in [1.54, 1.807) is 5.57 Å². The maximum atomic E-state index is 11.3. The Balaban J connectivity index is 1.00. The van der Waals surface area contributed by atoms with Crippen molar-refractivity contribution in [3.05, 3.63) is 52.8 Å². The quantitative estimate of drug-likeness (QED) is 0.383. The van der Waals surface area contributed by atoms with Gasteiger partial charge in [-0.25, -0.2) is 0 Å². The number of aryl methyl sites for hydroxylation is 1. The van der Waals surface area contributed by atoms with Gasteiger partial charge >= 0.3 is 0 Å². The van der Waals surface area contributed by atoms with Crippen LogP contribution in [0.3, 0.4) is 0 Å². The molecule has 0 saturated heterocycles. The molecule has 7 aliphatic rings. The zero-order chi connectivity index (χ0) is 28.4.